The van der Waals surface area contributed by atoms with Crippen molar-refractivity contribution in [2.24, 2.45) is 5.92 Å². The molecule has 1 aromatic heterocycles. The van der Waals surface area contributed by atoms with Crippen LogP contribution in [-0.4, -0.2) is 33.8 Å². The van der Waals surface area contributed by atoms with Crippen LogP contribution in [0.2, 0.25) is 0 Å². The molecule has 5 heteroatoms. The van der Waals surface area contributed by atoms with Crippen LogP contribution in [0.3, 0.4) is 0 Å². The number of aromatic carboxylic acids is 1. The van der Waals surface area contributed by atoms with Crippen molar-refractivity contribution in [2.45, 2.75) is 19.4 Å². The molecular weight excluding hydrogens is 244 g/mol. The molecule has 1 atom stereocenters. The lowest BCUT2D eigenvalue weighted by Gasteiger charge is -2.22. The number of nitrogens with zero attached hydrogens (tertiary/aromatic N) is 2. The van der Waals surface area contributed by atoms with Crippen LogP contribution in [0.15, 0.2) is 24.5 Å². The number of ether oxygens (including phenoxy) is 1. The van der Waals surface area contributed by atoms with Crippen molar-refractivity contribution in [3.8, 4) is 0 Å². The largest absolute Gasteiger partial charge is 0.478 e. The molecule has 1 aromatic carbocycles. The Kier molecular flexibility index (Phi) is 3.21. The first kappa shape index (κ1) is 12.2. The number of aromatic nitrogens is 2. The molecule has 3 rings (SSSR count). The van der Waals surface area contributed by atoms with Gasteiger partial charge in [-0.15, -0.1) is 0 Å². The first-order chi connectivity index (χ1) is 9.24. The summed E-state index contributed by atoms with van der Waals surface area (Å²) >= 11 is 0. The Balaban J connectivity index is 1.89. The summed E-state index contributed by atoms with van der Waals surface area (Å²) in [4.78, 5) is 15.3. The molecule has 0 spiro atoms. The molecule has 1 fully saturated rings. The monoisotopic (exact) mass is 260 g/mol. The molecule has 1 N–H and O–H groups in total. The summed E-state index contributed by atoms with van der Waals surface area (Å²) in [7, 11) is 0. The molecule has 0 amide bonds. The second-order valence-corrected chi connectivity index (χ2v) is 4.99. The molecule has 2 aromatic rings. The van der Waals surface area contributed by atoms with Gasteiger partial charge in [-0.1, -0.05) is 0 Å². The van der Waals surface area contributed by atoms with E-state index in [4.69, 9.17) is 9.84 Å². The van der Waals surface area contributed by atoms with Gasteiger partial charge in [-0.2, -0.15) is 0 Å². The van der Waals surface area contributed by atoms with Crippen molar-refractivity contribution in [1.82, 2.24) is 9.55 Å². The Bertz CT molecular complexity index is 600. The lowest BCUT2D eigenvalue weighted by Crippen LogP contribution is -2.21. The van der Waals surface area contributed by atoms with E-state index in [2.05, 4.69) is 4.98 Å². The predicted octanol–water partition coefficient (Wildman–Crippen LogP) is 2.16. The van der Waals surface area contributed by atoms with Crippen LogP contribution >= 0.6 is 0 Å². The highest BCUT2D eigenvalue weighted by Crippen LogP contribution is 2.20. The summed E-state index contributed by atoms with van der Waals surface area (Å²) in [5.74, 6) is -0.421. The van der Waals surface area contributed by atoms with Crippen molar-refractivity contribution in [1.29, 1.82) is 0 Å². The van der Waals surface area contributed by atoms with Gasteiger partial charge in [0.05, 0.1) is 29.5 Å². The van der Waals surface area contributed by atoms with Gasteiger partial charge in [0.15, 0.2) is 0 Å². The average molecular weight is 260 g/mol. The topological polar surface area (TPSA) is 64.3 Å². The van der Waals surface area contributed by atoms with Gasteiger partial charge < -0.3 is 14.4 Å². The molecule has 1 aliphatic rings. The molecule has 1 saturated heterocycles. The minimum Gasteiger partial charge on any atom is -0.478 e. The third-order valence-corrected chi connectivity index (χ3v) is 3.58. The van der Waals surface area contributed by atoms with E-state index in [1.807, 2.05) is 4.57 Å². The molecule has 0 saturated carbocycles. The van der Waals surface area contributed by atoms with Crippen LogP contribution in [0.5, 0.6) is 0 Å². The van der Waals surface area contributed by atoms with Crippen molar-refractivity contribution >= 4 is 17.0 Å². The molecule has 5 nitrogen and oxygen atoms in total. The zero-order valence-corrected chi connectivity index (χ0v) is 10.6. The van der Waals surface area contributed by atoms with E-state index in [1.54, 1.807) is 24.5 Å². The van der Waals surface area contributed by atoms with Crippen molar-refractivity contribution < 1.29 is 14.6 Å². The van der Waals surface area contributed by atoms with E-state index in [1.165, 1.54) is 0 Å². The molecule has 19 heavy (non-hydrogen) atoms. The molecule has 0 aliphatic carbocycles. The standard InChI is InChI=1S/C14H16N2O3/c17-14(18)11-3-4-12-13(6-11)16(9-15-12)7-10-2-1-5-19-8-10/h3-4,6,9-10H,1-2,5,7-8H2,(H,17,18). The van der Waals surface area contributed by atoms with Crippen LogP contribution in [0, 0.1) is 5.92 Å². The maximum Gasteiger partial charge on any atom is 0.335 e. The molecule has 100 valence electrons. The fourth-order valence-electron chi connectivity index (χ4n) is 2.56. The van der Waals surface area contributed by atoms with Crippen LogP contribution in [0.1, 0.15) is 23.2 Å². The zero-order valence-electron chi connectivity index (χ0n) is 10.6. The first-order valence-corrected chi connectivity index (χ1v) is 6.50. The van der Waals surface area contributed by atoms with Crippen molar-refractivity contribution in [2.75, 3.05) is 13.2 Å². The van der Waals surface area contributed by atoms with Crippen LogP contribution < -0.4 is 0 Å². The van der Waals surface area contributed by atoms with E-state index >= 15 is 0 Å². The van der Waals surface area contributed by atoms with Crippen LogP contribution in [-0.2, 0) is 11.3 Å². The number of imidazole rings is 1. The molecule has 2 heterocycles. The van der Waals surface area contributed by atoms with Crippen molar-refractivity contribution in [3.63, 3.8) is 0 Å². The number of hydrogen-bond acceptors (Lipinski definition) is 3. The number of benzene rings is 1. The van der Waals surface area contributed by atoms with Gasteiger partial charge in [0, 0.05) is 19.1 Å². The number of carboxylic acid groups (broad SMARTS) is 1. The van der Waals surface area contributed by atoms with Gasteiger partial charge in [0.1, 0.15) is 0 Å². The average Bonchev–Trinajstić information content (AvgIpc) is 2.82. The molecular formula is C14H16N2O3. The zero-order chi connectivity index (χ0) is 13.2. The minimum atomic E-state index is -0.907. The Hall–Kier alpha value is -1.88. The van der Waals surface area contributed by atoms with Gasteiger partial charge in [-0.25, -0.2) is 9.78 Å². The Morgan fingerprint density at radius 1 is 1.53 bits per heavy atom. The highest BCUT2D eigenvalue weighted by atomic mass is 16.5. The van der Waals surface area contributed by atoms with E-state index in [0.29, 0.717) is 11.5 Å². The molecule has 1 aliphatic heterocycles. The number of rotatable bonds is 3. The quantitative estimate of drug-likeness (QED) is 0.918. The fourth-order valence-corrected chi connectivity index (χ4v) is 2.56. The molecule has 1 unspecified atom stereocenters. The Labute approximate surface area is 110 Å². The van der Waals surface area contributed by atoms with Gasteiger partial charge in [-0.05, 0) is 31.0 Å². The maximum atomic E-state index is 11.0. The smallest absolute Gasteiger partial charge is 0.335 e. The second-order valence-electron chi connectivity index (χ2n) is 4.99. The van der Waals surface area contributed by atoms with E-state index in [-0.39, 0.29) is 0 Å². The van der Waals surface area contributed by atoms with Gasteiger partial charge in [0.25, 0.3) is 0 Å². The minimum absolute atomic E-state index is 0.300. The summed E-state index contributed by atoms with van der Waals surface area (Å²) in [5, 5.41) is 9.04. The van der Waals surface area contributed by atoms with Crippen LogP contribution in [0.4, 0.5) is 0 Å². The fraction of sp³-hybridized carbons (Fsp3) is 0.429. The lowest BCUT2D eigenvalue weighted by molar-refractivity contribution is 0.0488. The number of carboxylic acids is 1. The predicted molar refractivity (Wildman–Crippen MR) is 70.2 cm³/mol. The van der Waals surface area contributed by atoms with Crippen molar-refractivity contribution in [3.05, 3.63) is 30.1 Å². The summed E-state index contributed by atoms with van der Waals surface area (Å²) < 4.78 is 7.51. The Morgan fingerprint density at radius 2 is 2.42 bits per heavy atom. The third kappa shape index (κ3) is 2.46. The summed E-state index contributed by atoms with van der Waals surface area (Å²) in [5.41, 5.74) is 2.02. The third-order valence-electron chi connectivity index (χ3n) is 3.58. The maximum absolute atomic E-state index is 11.0. The summed E-state index contributed by atoms with van der Waals surface area (Å²) in [6, 6.07) is 5.03. The van der Waals surface area contributed by atoms with Crippen LogP contribution in [0.25, 0.3) is 11.0 Å². The van der Waals surface area contributed by atoms with Gasteiger partial charge >= 0.3 is 5.97 Å². The van der Waals surface area contributed by atoms with E-state index in [0.717, 1.165) is 43.6 Å². The Morgan fingerprint density at radius 3 is 3.16 bits per heavy atom. The highest BCUT2D eigenvalue weighted by Gasteiger charge is 2.16. The van der Waals surface area contributed by atoms with E-state index in [9.17, 15) is 4.79 Å². The lowest BCUT2D eigenvalue weighted by atomic mass is 10.0. The normalized spacial score (nSPS) is 19.7. The first-order valence-electron chi connectivity index (χ1n) is 6.50. The summed E-state index contributed by atoms with van der Waals surface area (Å²) in [6.45, 7) is 2.46. The highest BCUT2D eigenvalue weighted by molar-refractivity contribution is 5.92. The second kappa shape index (κ2) is 5.01. The molecule has 0 radical (unpaired) electrons. The van der Waals surface area contributed by atoms with Gasteiger partial charge in [-0.3, -0.25) is 0 Å². The number of hydrogen-bond donors (Lipinski definition) is 1. The van der Waals surface area contributed by atoms with Gasteiger partial charge in [0.2, 0.25) is 0 Å². The summed E-state index contributed by atoms with van der Waals surface area (Å²) in [6.07, 6.45) is 4.03. The SMILES string of the molecule is O=C(O)c1ccc2ncn(CC3CCCOC3)c2c1. The number of fused-ring (bicyclic) bond motifs is 1. The molecule has 0 bridgehead atoms. The number of carbonyl (C=O) groups is 1. The van der Waals surface area contributed by atoms with E-state index < -0.39 is 5.97 Å².